The van der Waals surface area contributed by atoms with E-state index < -0.39 is 0 Å². The monoisotopic (exact) mass is 419 g/mol. The number of ether oxygens (including phenoxy) is 3. The first-order chi connectivity index (χ1) is 14.3. The molecule has 30 heavy (non-hydrogen) atoms. The van der Waals surface area contributed by atoms with Crippen molar-refractivity contribution in [3.63, 3.8) is 0 Å². The summed E-state index contributed by atoms with van der Waals surface area (Å²) in [5.41, 5.74) is 2.45. The molecule has 2 unspecified atom stereocenters. The molecule has 2 N–H and O–H groups in total. The van der Waals surface area contributed by atoms with E-state index in [0.717, 1.165) is 43.3 Å². The van der Waals surface area contributed by atoms with Crippen LogP contribution >= 0.6 is 0 Å². The van der Waals surface area contributed by atoms with Crippen molar-refractivity contribution in [2.75, 3.05) is 40.5 Å². The maximum atomic E-state index is 6.11. The number of benzene rings is 1. The smallest absolute Gasteiger partial charge is 0.191 e. The van der Waals surface area contributed by atoms with Gasteiger partial charge < -0.3 is 24.8 Å². The summed E-state index contributed by atoms with van der Waals surface area (Å²) in [6, 6.07) is 6.32. The van der Waals surface area contributed by atoms with E-state index in [2.05, 4.69) is 61.5 Å². The summed E-state index contributed by atoms with van der Waals surface area (Å²) >= 11 is 0. The van der Waals surface area contributed by atoms with E-state index in [9.17, 15) is 0 Å². The van der Waals surface area contributed by atoms with Crippen molar-refractivity contribution in [1.82, 2.24) is 10.6 Å². The van der Waals surface area contributed by atoms with Crippen LogP contribution in [0.2, 0.25) is 0 Å². The molecule has 0 amide bonds. The second-order valence-electron chi connectivity index (χ2n) is 9.17. The van der Waals surface area contributed by atoms with E-state index in [1.165, 1.54) is 12.0 Å². The van der Waals surface area contributed by atoms with Crippen LogP contribution in [0.1, 0.15) is 51.2 Å². The molecule has 1 aromatic carbocycles. The summed E-state index contributed by atoms with van der Waals surface area (Å²) in [4.78, 5) is 4.40. The van der Waals surface area contributed by atoms with Gasteiger partial charge in [-0.25, -0.2) is 0 Å². The van der Waals surface area contributed by atoms with Gasteiger partial charge in [0.25, 0.3) is 0 Å². The lowest BCUT2D eigenvalue weighted by Gasteiger charge is -2.40. The van der Waals surface area contributed by atoms with Gasteiger partial charge >= 0.3 is 0 Å². The molecular weight excluding hydrogens is 378 g/mol. The Morgan fingerprint density at radius 3 is 2.73 bits per heavy atom. The predicted molar refractivity (Wildman–Crippen MR) is 123 cm³/mol. The zero-order chi connectivity index (χ0) is 22.0. The van der Waals surface area contributed by atoms with Gasteiger partial charge in [-0.15, -0.1) is 0 Å². The molecule has 0 aromatic heterocycles. The summed E-state index contributed by atoms with van der Waals surface area (Å²) in [6.07, 6.45) is 3.45. The van der Waals surface area contributed by atoms with Crippen molar-refractivity contribution in [1.29, 1.82) is 0 Å². The van der Waals surface area contributed by atoms with Crippen molar-refractivity contribution in [2.45, 2.75) is 59.6 Å². The normalized spacial score (nSPS) is 20.1. The average molecular weight is 420 g/mol. The third kappa shape index (κ3) is 7.80. The molecule has 1 aliphatic rings. The van der Waals surface area contributed by atoms with Gasteiger partial charge in [-0.2, -0.15) is 0 Å². The molecule has 1 heterocycles. The van der Waals surface area contributed by atoms with Crippen molar-refractivity contribution in [3.05, 3.63) is 29.3 Å². The first kappa shape index (κ1) is 24.5. The van der Waals surface area contributed by atoms with Crippen molar-refractivity contribution < 1.29 is 14.2 Å². The molecule has 1 aromatic rings. The van der Waals surface area contributed by atoms with Crippen LogP contribution in [-0.4, -0.2) is 52.6 Å². The molecule has 1 fully saturated rings. The molecular formula is C24H41N3O3. The second-order valence-corrected chi connectivity index (χ2v) is 9.17. The van der Waals surface area contributed by atoms with E-state index in [4.69, 9.17) is 14.2 Å². The standard InChI is InChI=1S/C24H41N3O3/c1-18-10-11-19(21(15-18)29-14-8-12-28-6)16-26-23(25-5)27-17-20-9-7-13-30-22(20)24(2,3)4/h10-11,15,20,22H,7-9,12-14,16-17H2,1-6H3,(H2,25,26,27). The summed E-state index contributed by atoms with van der Waals surface area (Å²) in [6.45, 7) is 12.6. The summed E-state index contributed by atoms with van der Waals surface area (Å²) in [5, 5.41) is 6.94. The number of hydrogen-bond acceptors (Lipinski definition) is 4. The van der Waals surface area contributed by atoms with Crippen LogP contribution in [0.15, 0.2) is 23.2 Å². The number of aliphatic imine (C=N–C) groups is 1. The van der Waals surface area contributed by atoms with Crippen LogP contribution < -0.4 is 15.4 Å². The van der Waals surface area contributed by atoms with E-state index in [1.807, 2.05) is 7.05 Å². The Morgan fingerprint density at radius 1 is 1.23 bits per heavy atom. The summed E-state index contributed by atoms with van der Waals surface area (Å²) < 4.78 is 17.2. The van der Waals surface area contributed by atoms with Gasteiger partial charge in [-0.3, -0.25) is 4.99 Å². The maximum Gasteiger partial charge on any atom is 0.191 e. The van der Waals surface area contributed by atoms with Crippen LogP contribution in [-0.2, 0) is 16.0 Å². The maximum absolute atomic E-state index is 6.11. The van der Waals surface area contributed by atoms with E-state index >= 15 is 0 Å². The lowest BCUT2D eigenvalue weighted by Crippen LogP contribution is -2.47. The molecule has 0 aliphatic carbocycles. The highest BCUT2D eigenvalue weighted by Gasteiger charge is 2.35. The molecule has 0 spiro atoms. The number of guanidine groups is 1. The van der Waals surface area contributed by atoms with Gasteiger partial charge in [0.15, 0.2) is 5.96 Å². The lowest BCUT2D eigenvalue weighted by atomic mass is 9.78. The highest BCUT2D eigenvalue weighted by atomic mass is 16.5. The summed E-state index contributed by atoms with van der Waals surface area (Å²) in [7, 11) is 3.52. The average Bonchev–Trinajstić information content (AvgIpc) is 2.72. The zero-order valence-corrected chi connectivity index (χ0v) is 19.7. The molecule has 170 valence electrons. The number of nitrogens with one attached hydrogen (secondary N) is 2. The van der Waals surface area contributed by atoms with Crippen molar-refractivity contribution in [2.24, 2.45) is 16.3 Å². The van der Waals surface area contributed by atoms with E-state index in [-0.39, 0.29) is 11.5 Å². The number of rotatable bonds is 9. The fourth-order valence-corrected chi connectivity index (χ4v) is 3.96. The van der Waals surface area contributed by atoms with Crippen LogP contribution in [0.5, 0.6) is 5.75 Å². The fraction of sp³-hybridized carbons (Fsp3) is 0.708. The second kappa shape index (κ2) is 12.2. The van der Waals surface area contributed by atoms with Crippen LogP contribution in [0.4, 0.5) is 0 Å². The molecule has 0 bridgehead atoms. The number of aryl methyl sites for hydroxylation is 1. The quantitative estimate of drug-likeness (QED) is 0.361. The van der Waals surface area contributed by atoms with Crippen molar-refractivity contribution in [3.8, 4) is 5.75 Å². The van der Waals surface area contributed by atoms with Gasteiger partial charge in [-0.05, 0) is 36.8 Å². The third-order valence-corrected chi connectivity index (χ3v) is 5.47. The Hall–Kier alpha value is -1.79. The predicted octanol–water partition coefficient (Wildman–Crippen LogP) is 3.92. The Balaban J connectivity index is 1.91. The molecule has 6 heteroatoms. The Bertz CT molecular complexity index is 670. The van der Waals surface area contributed by atoms with E-state index in [0.29, 0.717) is 25.7 Å². The lowest BCUT2D eigenvalue weighted by molar-refractivity contribution is -0.0835. The van der Waals surface area contributed by atoms with Crippen LogP contribution in [0.3, 0.4) is 0 Å². The molecule has 2 atom stereocenters. The highest BCUT2D eigenvalue weighted by Crippen LogP contribution is 2.33. The van der Waals surface area contributed by atoms with Crippen LogP contribution in [0, 0.1) is 18.3 Å². The third-order valence-electron chi connectivity index (χ3n) is 5.47. The Labute approximate surface area is 182 Å². The molecule has 0 saturated carbocycles. The Kier molecular flexibility index (Phi) is 9.92. The summed E-state index contributed by atoms with van der Waals surface area (Å²) in [5.74, 6) is 2.21. The van der Waals surface area contributed by atoms with Gasteiger partial charge in [0.05, 0.1) is 12.7 Å². The molecule has 1 saturated heterocycles. The number of methoxy groups -OCH3 is 1. The van der Waals surface area contributed by atoms with Gasteiger partial charge in [0, 0.05) is 58.4 Å². The highest BCUT2D eigenvalue weighted by molar-refractivity contribution is 5.79. The minimum absolute atomic E-state index is 0.140. The van der Waals surface area contributed by atoms with Gasteiger partial charge in [0.2, 0.25) is 0 Å². The van der Waals surface area contributed by atoms with E-state index in [1.54, 1.807) is 7.11 Å². The largest absolute Gasteiger partial charge is 0.493 e. The minimum Gasteiger partial charge on any atom is -0.493 e. The first-order valence-corrected chi connectivity index (χ1v) is 11.1. The van der Waals surface area contributed by atoms with Crippen molar-refractivity contribution >= 4 is 5.96 Å². The SMILES string of the molecule is CN=C(NCc1ccc(C)cc1OCCCOC)NCC1CCCOC1C(C)(C)C. The molecule has 2 rings (SSSR count). The fourth-order valence-electron chi connectivity index (χ4n) is 3.96. The van der Waals surface area contributed by atoms with Crippen LogP contribution in [0.25, 0.3) is 0 Å². The van der Waals surface area contributed by atoms with Gasteiger partial charge in [-0.1, -0.05) is 32.9 Å². The molecule has 0 radical (unpaired) electrons. The topological polar surface area (TPSA) is 64.1 Å². The zero-order valence-electron chi connectivity index (χ0n) is 19.7. The first-order valence-electron chi connectivity index (χ1n) is 11.1. The molecule has 6 nitrogen and oxygen atoms in total. The minimum atomic E-state index is 0.140. The number of nitrogens with zero attached hydrogens (tertiary/aromatic N) is 1. The van der Waals surface area contributed by atoms with Gasteiger partial charge in [0.1, 0.15) is 5.75 Å². The molecule has 1 aliphatic heterocycles. The Morgan fingerprint density at radius 2 is 2.03 bits per heavy atom. The number of hydrogen-bond donors (Lipinski definition) is 2.